The second-order valence-electron chi connectivity index (χ2n) is 6.23. The van der Waals surface area contributed by atoms with Crippen molar-refractivity contribution in [3.8, 4) is 5.75 Å². The maximum absolute atomic E-state index is 11.8. The van der Waals surface area contributed by atoms with E-state index in [2.05, 4.69) is 5.32 Å². The van der Waals surface area contributed by atoms with E-state index in [-0.39, 0.29) is 24.2 Å². The van der Waals surface area contributed by atoms with E-state index in [1.165, 1.54) is 0 Å². The SMILES string of the molecule is CC(C)[C@H](N)C(=O)NCCc1cccc(OCc2ccccc2)c1.Cl. The summed E-state index contributed by atoms with van der Waals surface area (Å²) in [7, 11) is 0. The van der Waals surface area contributed by atoms with Gasteiger partial charge in [0.05, 0.1) is 6.04 Å². The molecule has 0 spiro atoms. The van der Waals surface area contributed by atoms with Crippen molar-refractivity contribution >= 4 is 18.3 Å². The molecule has 1 amide bonds. The Bertz CT molecular complexity index is 647. The van der Waals surface area contributed by atoms with Gasteiger partial charge in [-0.2, -0.15) is 0 Å². The zero-order chi connectivity index (χ0) is 17.4. The molecule has 5 heteroatoms. The Hall–Kier alpha value is -2.04. The predicted molar refractivity (Wildman–Crippen MR) is 104 cm³/mol. The van der Waals surface area contributed by atoms with Crippen molar-refractivity contribution in [3.63, 3.8) is 0 Å². The lowest BCUT2D eigenvalue weighted by Gasteiger charge is -2.15. The van der Waals surface area contributed by atoms with Crippen molar-refractivity contribution in [2.24, 2.45) is 11.7 Å². The third kappa shape index (κ3) is 7.16. The quantitative estimate of drug-likeness (QED) is 0.757. The molecule has 0 radical (unpaired) electrons. The fourth-order valence-electron chi connectivity index (χ4n) is 2.28. The molecular weight excluding hydrogens is 336 g/mol. The first-order chi connectivity index (χ1) is 11.6. The number of carbonyl (C=O) groups is 1. The number of hydrogen-bond donors (Lipinski definition) is 2. The van der Waals surface area contributed by atoms with Crippen LogP contribution in [-0.2, 0) is 17.8 Å². The molecule has 0 heterocycles. The molecule has 0 unspecified atom stereocenters. The minimum Gasteiger partial charge on any atom is -0.489 e. The monoisotopic (exact) mass is 362 g/mol. The Labute approximate surface area is 156 Å². The molecule has 0 saturated heterocycles. The Kier molecular flexibility index (Phi) is 9.03. The number of hydrogen-bond acceptors (Lipinski definition) is 3. The van der Waals surface area contributed by atoms with Crippen molar-refractivity contribution in [2.75, 3.05) is 6.54 Å². The molecular formula is C20H27ClN2O2. The highest BCUT2D eigenvalue weighted by Gasteiger charge is 2.16. The van der Waals surface area contributed by atoms with Crippen LogP contribution >= 0.6 is 12.4 Å². The number of amides is 1. The second-order valence-corrected chi connectivity index (χ2v) is 6.23. The maximum Gasteiger partial charge on any atom is 0.237 e. The molecule has 0 saturated carbocycles. The first-order valence-electron chi connectivity index (χ1n) is 8.35. The van der Waals surface area contributed by atoms with E-state index in [9.17, 15) is 4.79 Å². The van der Waals surface area contributed by atoms with Crippen LogP contribution in [0, 0.1) is 5.92 Å². The van der Waals surface area contributed by atoms with Crippen LogP contribution in [0.5, 0.6) is 5.75 Å². The first kappa shape index (κ1) is 21.0. The van der Waals surface area contributed by atoms with E-state index in [1.54, 1.807) is 0 Å². The number of benzene rings is 2. The van der Waals surface area contributed by atoms with Crippen molar-refractivity contribution in [1.29, 1.82) is 0 Å². The number of halogens is 1. The topological polar surface area (TPSA) is 64.4 Å². The molecule has 2 aromatic rings. The maximum atomic E-state index is 11.8. The summed E-state index contributed by atoms with van der Waals surface area (Å²) < 4.78 is 5.82. The molecule has 2 rings (SSSR count). The van der Waals surface area contributed by atoms with Crippen LogP contribution in [0.2, 0.25) is 0 Å². The lowest BCUT2D eigenvalue weighted by atomic mass is 10.0. The van der Waals surface area contributed by atoms with E-state index in [0.717, 1.165) is 23.3 Å². The molecule has 1 atom stereocenters. The van der Waals surface area contributed by atoms with Crippen molar-refractivity contribution in [1.82, 2.24) is 5.32 Å². The summed E-state index contributed by atoms with van der Waals surface area (Å²) in [6.45, 7) is 5.00. The van der Waals surface area contributed by atoms with Crippen LogP contribution in [0.25, 0.3) is 0 Å². The molecule has 0 aliphatic rings. The first-order valence-corrected chi connectivity index (χ1v) is 8.35. The van der Waals surface area contributed by atoms with Crippen molar-refractivity contribution in [2.45, 2.75) is 32.9 Å². The lowest BCUT2D eigenvalue weighted by molar-refractivity contribution is -0.123. The van der Waals surface area contributed by atoms with Gasteiger partial charge in [0.1, 0.15) is 12.4 Å². The second kappa shape index (κ2) is 10.7. The van der Waals surface area contributed by atoms with E-state index in [1.807, 2.05) is 68.4 Å². The van der Waals surface area contributed by atoms with Gasteiger partial charge in [0.15, 0.2) is 0 Å². The Morgan fingerprint density at radius 3 is 2.44 bits per heavy atom. The van der Waals surface area contributed by atoms with E-state index in [0.29, 0.717) is 13.2 Å². The number of rotatable bonds is 8. The van der Waals surface area contributed by atoms with Crippen LogP contribution in [0.3, 0.4) is 0 Å². The van der Waals surface area contributed by atoms with Gasteiger partial charge in [-0.1, -0.05) is 56.3 Å². The minimum atomic E-state index is -0.453. The molecule has 2 aromatic carbocycles. The summed E-state index contributed by atoms with van der Waals surface area (Å²) in [5, 5.41) is 2.88. The average molecular weight is 363 g/mol. The number of carbonyl (C=O) groups excluding carboxylic acids is 1. The van der Waals surface area contributed by atoms with Crippen LogP contribution < -0.4 is 15.8 Å². The summed E-state index contributed by atoms with van der Waals surface area (Å²) in [5.74, 6) is 0.878. The van der Waals surface area contributed by atoms with Gasteiger partial charge >= 0.3 is 0 Å². The number of ether oxygens (including phenoxy) is 1. The third-order valence-electron chi connectivity index (χ3n) is 3.88. The summed E-state index contributed by atoms with van der Waals surface area (Å²) in [5.41, 5.74) is 8.09. The molecule has 25 heavy (non-hydrogen) atoms. The van der Waals surface area contributed by atoms with E-state index >= 15 is 0 Å². The molecule has 0 aliphatic heterocycles. The molecule has 0 fully saturated rings. The van der Waals surface area contributed by atoms with E-state index < -0.39 is 6.04 Å². The number of nitrogens with two attached hydrogens (primary N) is 1. The van der Waals surface area contributed by atoms with Crippen LogP contribution in [0.4, 0.5) is 0 Å². The largest absolute Gasteiger partial charge is 0.489 e. The summed E-state index contributed by atoms with van der Waals surface area (Å²) in [6.07, 6.45) is 0.749. The fourth-order valence-corrected chi connectivity index (χ4v) is 2.28. The van der Waals surface area contributed by atoms with Crippen molar-refractivity contribution < 1.29 is 9.53 Å². The number of nitrogens with one attached hydrogen (secondary N) is 1. The highest BCUT2D eigenvalue weighted by Crippen LogP contribution is 2.15. The van der Waals surface area contributed by atoms with Crippen LogP contribution in [0.1, 0.15) is 25.0 Å². The molecule has 0 aromatic heterocycles. The highest BCUT2D eigenvalue weighted by atomic mass is 35.5. The van der Waals surface area contributed by atoms with Gasteiger partial charge in [-0.25, -0.2) is 0 Å². The molecule has 0 aliphatic carbocycles. The van der Waals surface area contributed by atoms with Gasteiger partial charge in [-0.3, -0.25) is 4.79 Å². The third-order valence-corrected chi connectivity index (χ3v) is 3.88. The predicted octanol–water partition coefficient (Wildman–Crippen LogP) is 3.33. The van der Waals surface area contributed by atoms with Gasteiger partial charge in [-0.05, 0) is 35.6 Å². The van der Waals surface area contributed by atoms with Crippen LogP contribution in [0.15, 0.2) is 54.6 Å². The highest BCUT2D eigenvalue weighted by molar-refractivity contribution is 5.85. The smallest absolute Gasteiger partial charge is 0.237 e. The van der Waals surface area contributed by atoms with Crippen molar-refractivity contribution in [3.05, 3.63) is 65.7 Å². The lowest BCUT2D eigenvalue weighted by Crippen LogP contribution is -2.44. The summed E-state index contributed by atoms with van der Waals surface area (Å²) >= 11 is 0. The van der Waals surface area contributed by atoms with Gasteiger partial charge in [-0.15, -0.1) is 12.4 Å². The zero-order valence-electron chi connectivity index (χ0n) is 14.8. The van der Waals surface area contributed by atoms with E-state index in [4.69, 9.17) is 10.5 Å². The molecule has 3 N–H and O–H groups in total. The Morgan fingerprint density at radius 2 is 1.76 bits per heavy atom. The summed E-state index contributed by atoms with van der Waals surface area (Å²) in [4.78, 5) is 11.8. The zero-order valence-corrected chi connectivity index (χ0v) is 15.6. The van der Waals surface area contributed by atoms with Gasteiger partial charge in [0, 0.05) is 6.54 Å². The Balaban J connectivity index is 0.00000312. The molecule has 136 valence electrons. The van der Waals surface area contributed by atoms with Gasteiger partial charge in [0.25, 0.3) is 0 Å². The average Bonchev–Trinajstić information content (AvgIpc) is 2.60. The van der Waals surface area contributed by atoms with Gasteiger partial charge < -0.3 is 15.8 Å². The molecule has 0 bridgehead atoms. The normalized spacial score (nSPS) is 11.5. The minimum absolute atomic E-state index is 0. The standard InChI is InChI=1S/C20H26N2O2.ClH/c1-15(2)19(21)20(23)22-12-11-16-9-6-10-18(13-16)24-14-17-7-4-3-5-8-17;/h3-10,13,15,19H,11-12,14,21H2,1-2H3,(H,22,23);1H/t19-;/m0./s1. The summed E-state index contributed by atoms with van der Waals surface area (Å²) in [6, 6.07) is 17.6. The van der Waals surface area contributed by atoms with Gasteiger partial charge in [0.2, 0.25) is 5.91 Å². The fraction of sp³-hybridized carbons (Fsp3) is 0.350. The molecule has 4 nitrogen and oxygen atoms in total. The Morgan fingerprint density at radius 1 is 1.08 bits per heavy atom. The van der Waals surface area contributed by atoms with Crippen LogP contribution in [-0.4, -0.2) is 18.5 Å².